The first-order valence-corrected chi connectivity index (χ1v) is 4.67. The average molecular weight is 199 g/mol. The minimum Gasteiger partial charge on any atom is -0.394 e. The molecule has 0 aliphatic carbocycles. The maximum Gasteiger partial charge on any atom is 0.127 e. The summed E-state index contributed by atoms with van der Waals surface area (Å²) < 4.78 is 5.43. The van der Waals surface area contributed by atoms with Crippen molar-refractivity contribution in [1.82, 2.24) is 5.32 Å². The van der Waals surface area contributed by atoms with Crippen molar-refractivity contribution < 1.29 is 9.84 Å². The fraction of sp³-hybridized carbons (Fsp3) is 0.667. The summed E-state index contributed by atoms with van der Waals surface area (Å²) in [4.78, 5) is 3.77. The molecule has 80 valence electrons. The Bertz CT molecular complexity index is 228. The van der Waals surface area contributed by atoms with Crippen molar-refractivity contribution in [3.8, 4) is 0 Å². The highest BCUT2D eigenvalue weighted by Gasteiger charge is 2.23. The highest BCUT2D eigenvalue weighted by atomic mass is 16.5. The summed E-state index contributed by atoms with van der Waals surface area (Å²) in [6, 6.07) is 0. The number of hydrogen-bond donors (Lipinski definition) is 3. The first-order chi connectivity index (χ1) is 6.76. The number of rotatable bonds is 4. The van der Waals surface area contributed by atoms with E-state index in [-0.39, 0.29) is 18.9 Å². The van der Waals surface area contributed by atoms with Crippen LogP contribution < -0.4 is 11.1 Å². The van der Waals surface area contributed by atoms with Crippen molar-refractivity contribution in [3.63, 3.8) is 0 Å². The first kappa shape index (κ1) is 11.0. The van der Waals surface area contributed by atoms with Crippen LogP contribution in [0.4, 0.5) is 0 Å². The average Bonchev–Trinajstić information content (AvgIpc) is 2.65. The minimum atomic E-state index is -0.0295. The Balaban J connectivity index is 2.23. The number of nitrogens with one attached hydrogen (secondary N) is 1. The maximum absolute atomic E-state index is 8.83. The summed E-state index contributed by atoms with van der Waals surface area (Å²) in [5.74, 6) is 0.467. The fourth-order valence-electron chi connectivity index (χ4n) is 1.28. The van der Waals surface area contributed by atoms with Gasteiger partial charge in [-0.2, -0.15) is 0 Å². The van der Waals surface area contributed by atoms with E-state index in [1.165, 1.54) is 0 Å². The number of nitrogens with two attached hydrogens (primary N) is 1. The van der Waals surface area contributed by atoms with E-state index in [9.17, 15) is 0 Å². The molecule has 14 heavy (non-hydrogen) atoms. The quantitative estimate of drug-likeness (QED) is 0.424. The third kappa shape index (κ3) is 3.35. The van der Waals surface area contributed by atoms with Crippen LogP contribution in [0.5, 0.6) is 0 Å². The summed E-state index contributed by atoms with van der Waals surface area (Å²) in [6.45, 7) is 0.0838. The predicted octanol–water partition coefficient (Wildman–Crippen LogP) is -0.426. The molecular formula is C9H17N3O2. The van der Waals surface area contributed by atoms with Gasteiger partial charge in [-0.25, -0.2) is 0 Å². The number of nitrogens with zero attached hydrogens (tertiary/aromatic N) is 1. The van der Waals surface area contributed by atoms with Gasteiger partial charge in [0.15, 0.2) is 0 Å². The van der Waals surface area contributed by atoms with Crippen LogP contribution in [0.2, 0.25) is 0 Å². The van der Waals surface area contributed by atoms with E-state index in [0.717, 1.165) is 12.8 Å². The summed E-state index contributed by atoms with van der Waals surface area (Å²) in [7, 11) is 1.63. The molecule has 5 heteroatoms. The zero-order chi connectivity index (χ0) is 10.4. The monoisotopic (exact) mass is 199 g/mol. The molecule has 1 saturated heterocycles. The second kappa shape index (κ2) is 5.62. The van der Waals surface area contributed by atoms with Gasteiger partial charge in [0.05, 0.1) is 12.7 Å². The topological polar surface area (TPSA) is 79.9 Å². The minimum absolute atomic E-state index is 0.0203. The lowest BCUT2D eigenvalue weighted by molar-refractivity contribution is 0.00320. The molecule has 0 spiro atoms. The number of aliphatic hydroxyl groups excluding tert-OH is 1. The SMILES string of the molecule is CN=C(N)/C=C\N[C@H]1CC[C@@H](CO)O1. The zero-order valence-corrected chi connectivity index (χ0v) is 8.31. The van der Waals surface area contributed by atoms with E-state index in [2.05, 4.69) is 10.3 Å². The van der Waals surface area contributed by atoms with E-state index in [1.54, 1.807) is 19.3 Å². The van der Waals surface area contributed by atoms with Crippen LogP contribution in [0, 0.1) is 0 Å². The van der Waals surface area contributed by atoms with Gasteiger partial charge < -0.3 is 20.9 Å². The fourth-order valence-corrected chi connectivity index (χ4v) is 1.28. The first-order valence-electron chi connectivity index (χ1n) is 4.67. The van der Waals surface area contributed by atoms with Crippen LogP contribution in [0.25, 0.3) is 0 Å². The molecule has 0 aromatic carbocycles. The van der Waals surface area contributed by atoms with Crippen molar-refractivity contribution in [2.45, 2.75) is 25.2 Å². The lowest BCUT2D eigenvalue weighted by atomic mass is 10.2. The van der Waals surface area contributed by atoms with E-state index in [0.29, 0.717) is 5.84 Å². The lowest BCUT2D eigenvalue weighted by Crippen LogP contribution is -2.25. The third-order valence-electron chi connectivity index (χ3n) is 2.11. The molecule has 1 aliphatic rings. The lowest BCUT2D eigenvalue weighted by Gasteiger charge is -2.11. The van der Waals surface area contributed by atoms with Gasteiger partial charge >= 0.3 is 0 Å². The Kier molecular flexibility index (Phi) is 4.42. The van der Waals surface area contributed by atoms with Gasteiger partial charge in [0.25, 0.3) is 0 Å². The van der Waals surface area contributed by atoms with Crippen molar-refractivity contribution in [2.24, 2.45) is 10.7 Å². The number of aliphatic hydroxyl groups is 1. The number of hydrogen-bond acceptors (Lipinski definition) is 4. The normalized spacial score (nSPS) is 28.6. The van der Waals surface area contributed by atoms with Crippen molar-refractivity contribution in [2.75, 3.05) is 13.7 Å². The maximum atomic E-state index is 8.83. The molecule has 2 atom stereocenters. The molecule has 4 N–H and O–H groups in total. The Morgan fingerprint density at radius 2 is 2.50 bits per heavy atom. The Morgan fingerprint density at radius 1 is 1.71 bits per heavy atom. The summed E-state index contributed by atoms with van der Waals surface area (Å²) in [5, 5.41) is 11.9. The van der Waals surface area contributed by atoms with Gasteiger partial charge in [-0.05, 0) is 18.9 Å². The standard InChI is InChI=1S/C9H17N3O2/c1-11-8(10)4-5-12-9-3-2-7(6-13)14-9/h4-5,7,9,12-13H,2-3,6H2,1H3,(H2,10,11)/b5-4-/t7-,9+/m0/s1. The summed E-state index contributed by atoms with van der Waals surface area (Å²) >= 11 is 0. The van der Waals surface area contributed by atoms with E-state index >= 15 is 0 Å². The van der Waals surface area contributed by atoms with Crippen LogP contribution in [0.15, 0.2) is 17.3 Å². The molecule has 0 aromatic rings. The molecule has 5 nitrogen and oxygen atoms in total. The van der Waals surface area contributed by atoms with Crippen LogP contribution in [-0.4, -0.2) is 36.9 Å². The highest BCUT2D eigenvalue weighted by molar-refractivity contribution is 5.91. The van der Waals surface area contributed by atoms with Crippen molar-refractivity contribution in [1.29, 1.82) is 0 Å². The molecule has 0 saturated carbocycles. The highest BCUT2D eigenvalue weighted by Crippen LogP contribution is 2.16. The Labute approximate surface area is 83.7 Å². The van der Waals surface area contributed by atoms with E-state index < -0.39 is 0 Å². The number of amidine groups is 1. The van der Waals surface area contributed by atoms with Crippen molar-refractivity contribution in [3.05, 3.63) is 12.3 Å². The molecular weight excluding hydrogens is 182 g/mol. The Hall–Kier alpha value is -1.07. The molecule has 0 amide bonds. The van der Waals surface area contributed by atoms with Crippen LogP contribution in [0.3, 0.4) is 0 Å². The zero-order valence-electron chi connectivity index (χ0n) is 8.31. The molecule has 0 aromatic heterocycles. The largest absolute Gasteiger partial charge is 0.394 e. The Morgan fingerprint density at radius 3 is 3.07 bits per heavy atom. The number of ether oxygens (including phenoxy) is 1. The molecule has 1 aliphatic heterocycles. The smallest absolute Gasteiger partial charge is 0.127 e. The molecule has 1 heterocycles. The van der Waals surface area contributed by atoms with Gasteiger partial charge in [0.2, 0.25) is 0 Å². The van der Waals surface area contributed by atoms with Gasteiger partial charge in [-0.1, -0.05) is 0 Å². The van der Waals surface area contributed by atoms with Gasteiger partial charge in [0.1, 0.15) is 12.1 Å². The van der Waals surface area contributed by atoms with Gasteiger partial charge in [0, 0.05) is 13.2 Å². The molecule has 1 rings (SSSR count). The summed E-state index contributed by atoms with van der Waals surface area (Å²) in [5.41, 5.74) is 5.45. The predicted molar refractivity (Wildman–Crippen MR) is 54.8 cm³/mol. The third-order valence-corrected chi connectivity index (χ3v) is 2.11. The second-order valence-electron chi connectivity index (χ2n) is 3.16. The molecule has 0 radical (unpaired) electrons. The second-order valence-corrected chi connectivity index (χ2v) is 3.16. The molecule has 0 bridgehead atoms. The van der Waals surface area contributed by atoms with Gasteiger partial charge in [-0.15, -0.1) is 0 Å². The molecule has 0 unspecified atom stereocenters. The van der Waals surface area contributed by atoms with Crippen LogP contribution in [-0.2, 0) is 4.74 Å². The van der Waals surface area contributed by atoms with Gasteiger partial charge in [-0.3, -0.25) is 4.99 Å². The van der Waals surface area contributed by atoms with Crippen LogP contribution >= 0.6 is 0 Å². The summed E-state index contributed by atoms with van der Waals surface area (Å²) in [6.07, 6.45) is 5.13. The van der Waals surface area contributed by atoms with Crippen LogP contribution in [0.1, 0.15) is 12.8 Å². The molecule has 1 fully saturated rings. The van der Waals surface area contributed by atoms with E-state index in [1.807, 2.05) is 0 Å². The number of aliphatic imine (C=N–C) groups is 1. The van der Waals surface area contributed by atoms with Crippen molar-refractivity contribution >= 4 is 5.84 Å². The van der Waals surface area contributed by atoms with E-state index in [4.69, 9.17) is 15.6 Å².